The molecule has 0 fully saturated rings. The molecule has 0 saturated carbocycles. The van der Waals surface area contributed by atoms with Gasteiger partial charge in [0.2, 0.25) is 0 Å². The molecule has 0 aromatic carbocycles. The first-order valence-corrected chi connectivity index (χ1v) is 5.18. The van der Waals surface area contributed by atoms with Gasteiger partial charge in [-0.1, -0.05) is 0 Å². The number of carboxylic acids is 2. The summed E-state index contributed by atoms with van der Waals surface area (Å²) < 4.78 is 0. The zero-order valence-electron chi connectivity index (χ0n) is 10.9. The summed E-state index contributed by atoms with van der Waals surface area (Å²) in [6, 6.07) is 0. The topological polar surface area (TPSA) is 193 Å². The highest BCUT2D eigenvalue weighted by atomic mass is 16.4. The van der Waals surface area contributed by atoms with Crippen LogP contribution in [-0.4, -0.2) is 85.0 Å². The van der Waals surface area contributed by atoms with Crippen LogP contribution in [0.1, 0.15) is 13.8 Å². The van der Waals surface area contributed by atoms with E-state index in [0.29, 0.717) is 0 Å². The molecule has 0 aromatic heterocycles. The average molecular weight is 300 g/mol. The molecule has 10 heteroatoms. The van der Waals surface area contributed by atoms with Gasteiger partial charge in [0.15, 0.2) is 6.29 Å². The molecular weight excluding hydrogens is 280 g/mol. The third kappa shape index (κ3) is 18.8. The normalized spacial score (nSPS) is 15.2. The number of hydrogen-bond acceptors (Lipinski definition) is 8. The van der Waals surface area contributed by atoms with E-state index >= 15 is 0 Å². The van der Waals surface area contributed by atoms with E-state index in [1.54, 1.807) is 0 Å². The van der Waals surface area contributed by atoms with E-state index < -0.39 is 43.0 Å². The predicted octanol–water partition coefficient (Wildman–Crippen LogP) is -3.20. The second kappa shape index (κ2) is 13.8. The van der Waals surface area contributed by atoms with Crippen LogP contribution in [0.15, 0.2) is 0 Å². The summed E-state index contributed by atoms with van der Waals surface area (Å²) in [4.78, 5) is 27.9. The van der Waals surface area contributed by atoms with Gasteiger partial charge in [-0.2, -0.15) is 0 Å². The molecule has 10 nitrogen and oxygen atoms in total. The summed E-state index contributed by atoms with van der Waals surface area (Å²) in [5.74, 6) is -1.67. The van der Waals surface area contributed by atoms with Gasteiger partial charge in [-0.3, -0.25) is 9.59 Å². The van der Waals surface area contributed by atoms with E-state index in [-0.39, 0.29) is 6.29 Å². The van der Waals surface area contributed by atoms with E-state index in [0.717, 1.165) is 13.8 Å². The fourth-order valence-corrected chi connectivity index (χ4v) is 0.618. The Morgan fingerprint density at radius 3 is 1.45 bits per heavy atom. The average Bonchev–Trinajstić information content (AvgIpc) is 2.33. The number of carbonyl (C=O) groups is 3. The molecule has 0 aromatic rings. The number of rotatable bonds is 5. The van der Waals surface area contributed by atoms with Gasteiger partial charge in [0.05, 0.1) is 6.61 Å². The molecule has 0 bridgehead atoms. The molecule has 0 aliphatic carbocycles. The predicted molar refractivity (Wildman–Crippen MR) is 63.8 cm³/mol. The number of aliphatic hydroxyl groups excluding tert-OH is 5. The lowest BCUT2D eigenvalue weighted by molar-refractivity contribution is -0.136. The van der Waals surface area contributed by atoms with Crippen LogP contribution in [0.4, 0.5) is 0 Å². The Hall–Kier alpha value is -1.59. The van der Waals surface area contributed by atoms with Gasteiger partial charge >= 0.3 is 0 Å². The number of aliphatic carboxylic acids is 2. The molecule has 4 atom stereocenters. The third-order valence-electron chi connectivity index (χ3n) is 1.42. The van der Waals surface area contributed by atoms with E-state index in [4.69, 9.17) is 45.3 Å². The fraction of sp³-hybridized carbons (Fsp3) is 0.700. The Morgan fingerprint density at radius 1 is 0.950 bits per heavy atom. The van der Waals surface area contributed by atoms with Crippen molar-refractivity contribution in [2.24, 2.45) is 0 Å². The number of carboxylic acid groups (broad SMARTS) is 2. The van der Waals surface area contributed by atoms with Crippen LogP contribution in [0.25, 0.3) is 0 Å². The van der Waals surface area contributed by atoms with Crippen LogP contribution in [0.5, 0.6) is 0 Å². The van der Waals surface area contributed by atoms with E-state index in [1.165, 1.54) is 0 Å². The maximum absolute atomic E-state index is 9.90. The summed E-state index contributed by atoms with van der Waals surface area (Å²) in [5, 5.41) is 58.4. The van der Waals surface area contributed by atoms with Crippen LogP contribution in [0.2, 0.25) is 0 Å². The Morgan fingerprint density at radius 2 is 1.25 bits per heavy atom. The minimum absolute atomic E-state index is 0.0258. The smallest absolute Gasteiger partial charge is 0.300 e. The van der Waals surface area contributed by atoms with Crippen molar-refractivity contribution in [1.82, 2.24) is 0 Å². The van der Waals surface area contributed by atoms with Crippen molar-refractivity contribution in [3.8, 4) is 0 Å². The first-order chi connectivity index (χ1) is 9.00. The van der Waals surface area contributed by atoms with E-state index in [9.17, 15) is 4.79 Å². The second-order valence-electron chi connectivity index (χ2n) is 3.40. The van der Waals surface area contributed by atoms with Crippen LogP contribution in [0, 0.1) is 0 Å². The number of aldehydes is 1. The van der Waals surface area contributed by atoms with Crippen LogP contribution in [0.3, 0.4) is 0 Å². The minimum Gasteiger partial charge on any atom is -0.481 e. The van der Waals surface area contributed by atoms with Crippen molar-refractivity contribution >= 4 is 18.2 Å². The zero-order valence-corrected chi connectivity index (χ0v) is 10.9. The Labute approximate surface area is 114 Å². The largest absolute Gasteiger partial charge is 0.481 e. The Bertz CT molecular complexity index is 259. The molecule has 20 heavy (non-hydrogen) atoms. The van der Waals surface area contributed by atoms with Crippen molar-refractivity contribution in [1.29, 1.82) is 0 Å². The molecule has 0 rings (SSSR count). The Kier molecular flexibility index (Phi) is 16.3. The number of hydrogen-bond donors (Lipinski definition) is 7. The lowest BCUT2D eigenvalue weighted by Gasteiger charge is -2.22. The number of carbonyl (C=O) groups excluding carboxylic acids is 1. The summed E-state index contributed by atoms with van der Waals surface area (Å²) in [7, 11) is 0. The first kappa shape index (κ1) is 23.5. The van der Waals surface area contributed by atoms with Crippen molar-refractivity contribution in [2.75, 3.05) is 6.61 Å². The van der Waals surface area contributed by atoms with Crippen LogP contribution >= 0.6 is 0 Å². The van der Waals surface area contributed by atoms with Gasteiger partial charge in [-0.15, -0.1) is 0 Å². The fourth-order valence-electron chi connectivity index (χ4n) is 0.618. The van der Waals surface area contributed by atoms with Gasteiger partial charge in [0.1, 0.15) is 24.4 Å². The standard InChI is InChI=1S/C6H12O6.2C2H4O2/c7-1-3(9)5(11)6(12)4(10)2-8;2*1-2(3)4/h1,3-6,8-12H,2H2;2*1H3,(H,3,4)/t3-,4+,5+,6+;;/m0../s1. The van der Waals surface area contributed by atoms with Gasteiger partial charge < -0.3 is 40.5 Å². The quantitative estimate of drug-likeness (QED) is 0.254. The molecule has 0 radical (unpaired) electrons. The van der Waals surface area contributed by atoms with E-state index in [2.05, 4.69) is 0 Å². The maximum atomic E-state index is 9.90. The number of aliphatic hydroxyl groups is 5. The highest BCUT2D eigenvalue weighted by Gasteiger charge is 2.29. The molecule has 0 amide bonds. The molecule has 0 spiro atoms. The van der Waals surface area contributed by atoms with Crippen molar-refractivity contribution in [2.45, 2.75) is 38.3 Å². The lowest BCUT2D eigenvalue weighted by Crippen LogP contribution is -2.46. The summed E-state index contributed by atoms with van der Waals surface area (Å²) in [6.07, 6.45) is -6.84. The van der Waals surface area contributed by atoms with Crippen molar-refractivity contribution in [3.05, 3.63) is 0 Å². The van der Waals surface area contributed by atoms with Gasteiger partial charge in [0, 0.05) is 13.8 Å². The molecule has 0 heterocycles. The highest BCUT2D eigenvalue weighted by molar-refractivity contribution is 5.63. The maximum Gasteiger partial charge on any atom is 0.300 e. The van der Waals surface area contributed by atoms with Crippen LogP contribution < -0.4 is 0 Å². The first-order valence-electron chi connectivity index (χ1n) is 5.18. The Balaban J connectivity index is -0.000000297. The molecule has 120 valence electrons. The molecular formula is C10H20O10. The van der Waals surface area contributed by atoms with Gasteiger partial charge in [0.25, 0.3) is 11.9 Å². The molecule has 0 unspecified atom stereocenters. The van der Waals surface area contributed by atoms with Crippen LogP contribution in [-0.2, 0) is 14.4 Å². The SMILES string of the molecule is CC(=O)O.CC(=O)O.O=C[C@H](O)[C@@H](O)[C@H](O)[C@H](O)CO. The third-order valence-corrected chi connectivity index (χ3v) is 1.42. The van der Waals surface area contributed by atoms with Gasteiger partial charge in [-0.05, 0) is 0 Å². The van der Waals surface area contributed by atoms with Gasteiger partial charge in [-0.25, -0.2) is 0 Å². The summed E-state index contributed by atoms with van der Waals surface area (Å²) in [6.45, 7) is 1.41. The molecule has 0 aliphatic rings. The minimum atomic E-state index is -1.79. The van der Waals surface area contributed by atoms with E-state index in [1.807, 2.05) is 0 Å². The molecule has 7 N–H and O–H groups in total. The van der Waals surface area contributed by atoms with Crippen molar-refractivity contribution < 1.29 is 50.1 Å². The van der Waals surface area contributed by atoms with Crippen molar-refractivity contribution in [3.63, 3.8) is 0 Å². The summed E-state index contributed by atoms with van der Waals surface area (Å²) in [5.41, 5.74) is 0. The molecule has 0 aliphatic heterocycles. The lowest BCUT2D eigenvalue weighted by atomic mass is 10.0. The highest BCUT2D eigenvalue weighted by Crippen LogP contribution is 2.02. The second-order valence-corrected chi connectivity index (χ2v) is 3.40. The monoisotopic (exact) mass is 300 g/mol. The molecule has 0 saturated heterocycles. The zero-order chi connectivity index (χ0) is 16.9. The summed E-state index contributed by atoms with van der Waals surface area (Å²) >= 11 is 0.